The number of aromatic nitrogens is 1. The van der Waals surface area contributed by atoms with E-state index >= 15 is 0 Å². The second kappa shape index (κ2) is 7.88. The van der Waals surface area contributed by atoms with Gasteiger partial charge in [-0.25, -0.2) is 4.98 Å². The molecule has 0 aliphatic carbocycles. The molecule has 0 saturated carbocycles. The van der Waals surface area contributed by atoms with Gasteiger partial charge >= 0.3 is 0 Å². The molecule has 6 heteroatoms. The van der Waals surface area contributed by atoms with Gasteiger partial charge in [-0.1, -0.05) is 12.1 Å². The maximum absolute atomic E-state index is 6.03. The normalized spacial score (nSPS) is 18.2. The lowest BCUT2D eigenvalue weighted by atomic mass is 10.1. The Balaban J connectivity index is 1.37. The smallest absolute Gasteiger partial charge is 0.163 e. The molecule has 0 bridgehead atoms. The number of hydrogen-bond donors (Lipinski definition) is 1. The van der Waals surface area contributed by atoms with Crippen LogP contribution in [0, 0.1) is 0 Å². The van der Waals surface area contributed by atoms with E-state index in [1.807, 2.05) is 30.3 Å². The number of hydrogen-bond acceptors (Lipinski definition) is 6. The lowest BCUT2D eigenvalue weighted by molar-refractivity contribution is 0.0134. The molecule has 0 radical (unpaired) electrons. The summed E-state index contributed by atoms with van der Waals surface area (Å²) in [6.45, 7) is 8.92. The largest absolute Gasteiger partial charge is 0.457 e. The first-order valence-corrected chi connectivity index (χ1v) is 10.0. The van der Waals surface area contributed by atoms with Crippen LogP contribution in [0.2, 0.25) is 0 Å². The van der Waals surface area contributed by atoms with Gasteiger partial charge in [0.1, 0.15) is 5.76 Å². The van der Waals surface area contributed by atoms with Crippen LogP contribution < -0.4 is 5.32 Å². The fourth-order valence-electron chi connectivity index (χ4n) is 3.30. The molecule has 1 aromatic carbocycles. The van der Waals surface area contributed by atoms with E-state index in [1.54, 1.807) is 11.3 Å². The Kier molecular flexibility index (Phi) is 5.36. The molecule has 4 rings (SSSR count). The molecule has 2 unspecified atom stereocenters. The van der Waals surface area contributed by atoms with Gasteiger partial charge in [-0.2, -0.15) is 0 Å². The number of benzene rings is 1. The average Bonchev–Trinajstić information content (AvgIpc) is 3.32. The van der Waals surface area contributed by atoms with Crippen molar-refractivity contribution in [1.82, 2.24) is 15.2 Å². The molecule has 3 aromatic rings. The minimum atomic E-state index is 0.379. The average molecular weight is 372 g/mol. The highest BCUT2D eigenvalue weighted by atomic mass is 32.1. The van der Waals surface area contributed by atoms with Gasteiger partial charge in [0.2, 0.25) is 0 Å². The van der Waals surface area contributed by atoms with Crippen LogP contribution in [0.15, 0.2) is 40.8 Å². The third kappa shape index (κ3) is 3.83. The summed E-state index contributed by atoms with van der Waals surface area (Å²) in [7, 11) is 0. The Morgan fingerprint density at radius 1 is 1.15 bits per heavy atom. The highest BCUT2D eigenvalue weighted by molar-refractivity contribution is 7.21. The molecular formula is C20H25N3O2S. The van der Waals surface area contributed by atoms with Crippen molar-refractivity contribution in [2.75, 3.05) is 26.3 Å². The van der Waals surface area contributed by atoms with E-state index in [0.717, 1.165) is 54.9 Å². The number of morpholine rings is 1. The van der Waals surface area contributed by atoms with Crippen molar-refractivity contribution >= 4 is 21.6 Å². The maximum Gasteiger partial charge on any atom is 0.163 e. The van der Waals surface area contributed by atoms with Gasteiger partial charge in [-0.3, -0.25) is 4.90 Å². The third-order valence-electron chi connectivity index (χ3n) is 5.11. The highest BCUT2D eigenvalue weighted by Gasteiger charge is 2.22. The number of fused-ring (bicyclic) bond motifs is 1. The van der Waals surface area contributed by atoms with Gasteiger partial charge in [-0.15, -0.1) is 11.3 Å². The third-order valence-corrected chi connectivity index (χ3v) is 6.16. The molecule has 138 valence electrons. The molecule has 0 spiro atoms. The van der Waals surface area contributed by atoms with E-state index in [2.05, 4.69) is 35.1 Å². The summed E-state index contributed by atoms with van der Waals surface area (Å²) in [5.41, 5.74) is 1.02. The van der Waals surface area contributed by atoms with Crippen molar-refractivity contribution in [2.24, 2.45) is 0 Å². The Labute approximate surface area is 158 Å². The minimum absolute atomic E-state index is 0.379. The lowest BCUT2D eigenvalue weighted by Crippen LogP contribution is -2.50. The minimum Gasteiger partial charge on any atom is -0.457 e. The highest BCUT2D eigenvalue weighted by Crippen LogP contribution is 2.31. The van der Waals surface area contributed by atoms with Gasteiger partial charge in [0.15, 0.2) is 10.8 Å². The first-order valence-electron chi connectivity index (χ1n) is 9.20. The second-order valence-electron chi connectivity index (χ2n) is 6.81. The van der Waals surface area contributed by atoms with Crippen LogP contribution in [0.3, 0.4) is 0 Å². The number of ether oxygens (including phenoxy) is 1. The molecule has 1 saturated heterocycles. The van der Waals surface area contributed by atoms with E-state index in [-0.39, 0.29) is 0 Å². The predicted octanol–water partition coefficient (Wildman–Crippen LogP) is 3.76. The zero-order valence-corrected chi connectivity index (χ0v) is 16.1. The van der Waals surface area contributed by atoms with Gasteiger partial charge in [0.05, 0.1) is 30.0 Å². The maximum atomic E-state index is 6.03. The zero-order chi connectivity index (χ0) is 17.9. The molecule has 26 heavy (non-hydrogen) atoms. The van der Waals surface area contributed by atoms with E-state index in [1.165, 1.54) is 4.70 Å². The molecule has 1 N–H and O–H groups in total. The zero-order valence-electron chi connectivity index (χ0n) is 15.3. The summed E-state index contributed by atoms with van der Waals surface area (Å²) < 4.78 is 12.7. The quantitative estimate of drug-likeness (QED) is 0.715. The van der Waals surface area contributed by atoms with Crippen molar-refractivity contribution in [1.29, 1.82) is 0 Å². The van der Waals surface area contributed by atoms with Crippen LogP contribution >= 0.6 is 11.3 Å². The summed E-state index contributed by atoms with van der Waals surface area (Å²) in [5, 5.41) is 4.53. The first kappa shape index (κ1) is 17.7. The van der Waals surface area contributed by atoms with Gasteiger partial charge in [0, 0.05) is 25.2 Å². The number of nitrogens with one attached hydrogen (secondary N) is 1. The summed E-state index contributed by atoms with van der Waals surface area (Å²) in [5.74, 6) is 1.79. The Morgan fingerprint density at radius 2 is 1.96 bits per heavy atom. The van der Waals surface area contributed by atoms with Crippen LogP contribution in [0.4, 0.5) is 0 Å². The summed E-state index contributed by atoms with van der Waals surface area (Å²) in [4.78, 5) is 7.15. The molecule has 0 amide bonds. The standard InChI is InChI=1S/C20H25N3O2S/c1-14(15(2)23-9-11-24-12-10-23)21-13-16-7-8-18(25-16)20-22-17-5-3-4-6-19(17)26-20/h3-8,14-15,21H,9-13H2,1-2H3. The van der Waals surface area contributed by atoms with Gasteiger partial charge in [-0.05, 0) is 38.1 Å². The van der Waals surface area contributed by atoms with Crippen LogP contribution in [0.5, 0.6) is 0 Å². The Bertz CT molecular complexity index is 820. The van der Waals surface area contributed by atoms with Crippen molar-refractivity contribution in [3.05, 3.63) is 42.2 Å². The van der Waals surface area contributed by atoms with Gasteiger partial charge in [0.25, 0.3) is 0 Å². The van der Waals surface area contributed by atoms with E-state index < -0.39 is 0 Å². The Hall–Kier alpha value is -1.73. The monoisotopic (exact) mass is 371 g/mol. The van der Waals surface area contributed by atoms with Crippen molar-refractivity contribution < 1.29 is 9.15 Å². The fourth-order valence-corrected chi connectivity index (χ4v) is 4.23. The van der Waals surface area contributed by atoms with E-state index in [0.29, 0.717) is 12.1 Å². The number of para-hydroxylation sites is 1. The molecule has 2 aromatic heterocycles. The van der Waals surface area contributed by atoms with Crippen molar-refractivity contribution in [3.8, 4) is 10.8 Å². The summed E-state index contributed by atoms with van der Waals surface area (Å²) >= 11 is 1.67. The SMILES string of the molecule is CC(NCc1ccc(-c2nc3ccccc3s2)o1)C(C)N1CCOCC1. The van der Waals surface area contributed by atoms with Crippen molar-refractivity contribution in [2.45, 2.75) is 32.5 Å². The number of thiazole rings is 1. The Morgan fingerprint density at radius 3 is 2.77 bits per heavy atom. The topological polar surface area (TPSA) is 50.5 Å². The summed E-state index contributed by atoms with van der Waals surface area (Å²) in [6, 6.07) is 13.1. The molecule has 1 fully saturated rings. The van der Waals surface area contributed by atoms with E-state index in [9.17, 15) is 0 Å². The molecular weight excluding hydrogens is 346 g/mol. The number of furan rings is 1. The molecule has 3 heterocycles. The van der Waals surface area contributed by atoms with Crippen LogP contribution in [0.25, 0.3) is 21.0 Å². The molecule has 5 nitrogen and oxygen atoms in total. The van der Waals surface area contributed by atoms with Crippen LogP contribution in [-0.2, 0) is 11.3 Å². The lowest BCUT2D eigenvalue weighted by Gasteiger charge is -2.35. The van der Waals surface area contributed by atoms with Crippen molar-refractivity contribution in [3.63, 3.8) is 0 Å². The summed E-state index contributed by atoms with van der Waals surface area (Å²) in [6.07, 6.45) is 0. The van der Waals surface area contributed by atoms with E-state index in [4.69, 9.17) is 9.15 Å². The van der Waals surface area contributed by atoms with Crippen LogP contribution in [-0.4, -0.2) is 48.3 Å². The molecule has 1 aliphatic rings. The van der Waals surface area contributed by atoms with Gasteiger partial charge < -0.3 is 14.5 Å². The predicted molar refractivity (Wildman–Crippen MR) is 105 cm³/mol. The molecule has 1 aliphatic heterocycles. The second-order valence-corrected chi connectivity index (χ2v) is 7.84. The number of rotatable bonds is 6. The fraction of sp³-hybridized carbons (Fsp3) is 0.450. The number of nitrogens with zero attached hydrogens (tertiary/aromatic N) is 2. The molecule has 2 atom stereocenters. The first-order chi connectivity index (χ1) is 12.7. The van der Waals surface area contributed by atoms with Crippen LogP contribution in [0.1, 0.15) is 19.6 Å².